The van der Waals surface area contributed by atoms with Crippen molar-refractivity contribution in [2.45, 2.75) is 26.8 Å². The van der Waals surface area contributed by atoms with Crippen molar-refractivity contribution in [3.63, 3.8) is 0 Å². The number of aryl methyl sites for hydroxylation is 3. The second-order valence-corrected chi connectivity index (χ2v) is 5.89. The molecule has 0 saturated heterocycles. The van der Waals surface area contributed by atoms with Crippen molar-refractivity contribution in [1.29, 1.82) is 0 Å². The summed E-state index contributed by atoms with van der Waals surface area (Å²) >= 11 is 2.39. The number of halogens is 1. The van der Waals surface area contributed by atoms with Crippen LogP contribution in [0.25, 0.3) is 0 Å². The molecular formula is C16H18IN. The van der Waals surface area contributed by atoms with Gasteiger partial charge in [0.2, 0.25) is 0 Å². The molecule has 0 heterocycles. The molecule has 0 spiro atoms. The second-order valence-electron chi connectivity index (χ2n) is 4.82. The predicted molar refractivity (Wildman–Crippen MR) is 85.8 cm³/mol. The van der Waals surface area contributed by atoms with Gasteiger partial charge in [-0.3, -0.25) is 0 Å². The zero-order valence-corrected chi connectivity index (χ0v) is 13.2. The predicted octanol–water partition coefficient (Wildman–Crippen LogP) is 4.26. The monoisotopic (exact) mass is 351 g/mol. The van der Waals surface area contributed by atoms with Gasteiger partial charge in [0.15, 0.2) is 0 Å². The van der Waals surface area contributed by atoms with Crippen LogP contribution in [0, 0.1) is 24.3 Å². The molecule has 0 aliphatic heterocycles. The first-order valence-electron chi connectivity index (χ1n) is 6.08. The molecule has 0 saturated carbocycles. The van der Waals surface area contributed by atoms with Gasteiger partial charge in [0.1, 0.15) is 0 Å². The van der Waals surface area contributed by atoms with Gasteiger partial charge in [0.05, 0.1) is 6.04 Å². The van der Waals surface area contributed by atoms with E-state index >= 15 is 0 Å². The molecule has 0 aromatic heterocycles. The van der Waals surface area contributed by atoms with Gasteiger partial charge >= 0.3 is 0 Å². The molecule has 18 heavy (non-hydrogen) atoms. The maximum atomic E-state index is 6.43. The number of nitrogens with two attached hydrogens (primary N) is 1. The van der Waals surface area contributed by atoms with Crippen LogP contribution in [0.3, 0.4) is 0 Å². The van der Waals surface area contributed by atoms with Gasteiger partial charge in [0, 0.05) is 3.57 Å². The highest BCUT2D eigenvalue weighted by molar-refractivity contribution is 14.1. The van der Waals surface area contributed by atoms with Crippen LogP contribution in [-0.4, -0.2) is 0 Å². The molecule has 2 rings (SSSR count). The van der Waals surface area contributed by atoms with E-state index in [0.717, 1.165) is 0 Å². The van der Waals surface area contributed by atoms with E-state index in [1.807, 2.05) is 0 Å². The molecule has 1 nitrogen and oxygen atoms in total. The molecule has 2 heteroatoms. The van der Waals surface area contributed by atoms with Crippen molar-refractivity contribution < 1.29 is 0 Å². The van der Waals surface area contributed by atoms with E-state index in [4.69, 9.17) is 5.73 Å². The third-order valence-corrected chi connectivity index (χ3v) is 4.79. The lowest BCUT2D eigenvalue weighted by Gasteiger charge is -2.18. The first-order valence-corrected chi connectivity index (χ1v) is 7.16. The molecule has 2 aromatic rings. The average molecular weight is 351 g/mol. The fourth-order valence-corrected chi connectivity index (χ4v) is 2.95. The maximum Gasteiger partial charge on any atom is 0.0564 e. The lowest BCUT2D eigenvalue weighted by atomic mass is 9.94. The standard InChI is InChI=1S/C16H18IN/c1-10-7-8-13(12(3)9-10)16(18)14-6-4-5-11(2)15(14)17/h4-9,16H,18H2,1-3H3. The Bertz CT molecular complexity index is 575. The third kappa shape index (κ3) is 2.59. The van der Waals surface area contributed by atoms with E-state index in [9.17, 15) is 0 Å². The summed E-state index contributed by atoms with van der Waals surface area (Å²) in [5, 5.41) is 0. The van der Waals surface area contributed by atoms with Gasteiger partial charge in [-0.05, 0) is 65.6 Å². The van der Waals surface area contributed by atoms with E-state index in [1.54, 1.807) is 0 Å². The van der Waals surface area contributed by atoms with Crippen molar-refractivity contribution in [2.75, 3.05) is 0 Å². The molecule has 0 bridgehead atoms. The molecule has 0 radical (unpaired) electrons. The van der Waals surface area contributed by atoms with E-state index in [-0.39, 0.29) is 6.04 Å². The molecule has 1 unspecified atom stereocenters. The molecule has 94 valence electrons. The SMILES string of the molecule is Cc1ccc(C(N)c2cccc(C)c2I)c(C)c1. The topological polar surface area (TPSA) is 26.0 Å². The van der Waals surface area contributed by atoms with Crippen LogP contribution in [0.15, 0.2) is 36.4 Å². The van der Waals surface area contributed by atoms with Gasteiger partial charge in [-0.25, -0.2) is 0 Å². The van der Waals surface area contributed by atoms with Crippen LogP contribution >= 0.6 is 22.6 Å². The summed E-state index contributed by atoms with van der Waals surface area (Å²) in [6, 6.07) is 12.8. The summed E-state index contributed by atoms with van der Waals surface area (Å²) < 4.78 is 1.27. The third-order valence-electron chi connectivity index (χ3n) is 3.32. The van der Waals surface area contributed by atoms with Crippen molar-refractivity contribution in [1.82, 2.24) is 0 Å². The average Bonchev–Trinajstić information content (AvgIpc) is 2.32. The van der Waals surface area contributed by atoms with Gasteiger partial charge in [-0.1, -0.05) is 42.0 Å². The number of rotatable bonds is 2. The van der Waals surface area contributed by atoms with Crippen LogP contribution in [0.1, 0.15) is 33.9 Å². The zero-order valence-electron chi connectivity index (χ0n) is 11.0. The highest BCUT2D eigenvalue weighted by Gasteiger charge is 2.14. The lowest BCUT2D eigenvalue weighted by molar-refractivity contribution is 0.852. The molecule has 0 aliphatic rings. The minimum atomic E-state index is -0.0441. The quantitative estimate of drug-likeness (QED) is 0.804. The summed E-state index contributed by atoms with van der Waals surface area (Å²) in [6.07, 6.45) is 0. The van der Waals surface area contributed by atoms with E-state index in [2.05, 4.69) is 79.8 Å². The van der Waals surface area contributed by atoms with E-state index in [1.165, 1.54) is 31.4 Å². The molecule has 2 aromatic carbocycles. The zero-order chi connectivity index (χ0) is 13.3. The summed E-state index contributed by atoms with van der Waals surface area (Å²) in [7, 11) is 0. The molecule has 0 amide bonds. The summed E-state index contributed by atoms with van der Waals surface area (Å²) in [5.74, 6) is 0. The highest BCUT2D eigenvalue weighted by Crippen LogP contribution is 2.28. The van der Waals surface area contributed by atoms with E-state index < -0.39 is 0 Å². The van der Waals surface area contributed by atoms with E-state index in [0.29, 0.717) is 0 Å². The summed E-state index contributed by atoms with van der Waals surface area (Å²) in [6.45, 7) is 6.36. The van der Waals surface area contributed by atoms with Crippen molar-refractivity contribution in [2.24, 2.45) is 5.73 Å². The van der Waals surface area contributed by atoms with Gasteiger partial charge in [0.25, 0.3) is 0 Å². The minimum Gasteiger partial charge on any atom is -0.320 e. The first kappa shape index (κ1) is 13.6. The fourth-order valence-electron chi connectivity index (χ4n) is 2.25. The molecule has 0 fully saturated rings. The first-order chi connectivity index (χ1) is 8.50. The summed E-state index contributed by atoms with van der Waals surface area (Å²) in [5.41, 5.74) is 12.7. The number of benzene rings is 2. The Morgan fingerprint density at radius 1 is 0.944 bits per heavy atom. The van der Waals surface area contributed by atoms with Crippen LogP contribution < -0.4 is 5.73 Å². The normalized spacial score (nSPS) is 12.5. The Morgan fingerprint density at radius 2 is 1.67 bits per heavy atom. The maximum absolute atomic E-state index is 6.43. The summed E-state index contributed by atoms with van der Waals surface area (Å²) in [4.78, 5) is 0. The molecule has 0 aliphatic carbocycles. The Kier molecular flexibility index (Phi) is 4.07. The van der Waals surface area contributed by atoms with Gasteiger partial charge in [-0.15, -0.1) is 0 Å². The second kappa shape index (κ2) is 5.41. The number of hydrogen-bond donors (Lipinski definition) is 1. The van der Waals surface area contributed by atoms with Crippen molar-refractivity contribution in [3.8, 4) is 0 Å². The Balaban J connectivity index is 2.48. The largest absolute Gasteiger partial charge is 0.320 e. The lowest BCUT2D eigenvalue weighted by Crippen LogP contribution is -2.15. The molecule has 1 atom stereocenters. The highest BCUT2D eigenvalue weighted by atomic mass is 127. The van der Waals surface area contributed by atoms with Crippen LogP contribution in [0.2, 0.25) is 0 Å². The van der Waals surface area contributed by atoms with Crippen molar-refractivity contribution >= 4 is 22.6 Å². The van der Waals surface area contributed by atoms with Gasteiger partial charge < -0.3 is 5.73 Å². The van der Waals surface area contributed by atoms with Gasteiger partial charge in [-0.2, -0.15) is 0 Å². The smallest absolute Gasteiger partial charge is 0.0564 e. The van der Waals surface area contributed by atoms with Crippen LogP contribution in [-0.2, 0) is 0 Å². The minimum absolute atomic E-state index is 0.0441. The Hall–Kier alpha value is -0.870. The fraction of sp³-hybridized carbons (Fsp3) is 0.250. The van der Waals surface area contributed by atoms with Crippen LogP contribution in [0.4, 0.5) is 0 Å². The number of hydrogen-bond acceptors (Lipinski definition) is 1. The van der Waals surface area contributed by atoms with Crippen LogP contribution in [0.5, 0.6) is 0 Å². The Labute approximate surface area is 123 Å². The Morgan fingerprint density at radius 3 is 2.33 bits per heavy atom. The van der Waals surface area contributed by atoms with Crippen molar-refractivity contribution in [3.05, 3.63) is 67.8 Å². The molecule has 2 N–H and O–H groups in total. The molecular weight excluding hydrogens is 333 g/mol.